The molecule has 5 nitrogen and oxygen atoms in total. The normalized spacial score (nSPS) is 11.2. The first-order chi connectivity index (χ1) is 12.1. The molecule has 0 aliphatic heterocycles. The Labute approximate surface area is 153 Å². The highest BCUT2D eigenvalue weighted by Crippen LogP contribution is 2.27. The van der Waals surface area contributed by atoms with Crippen molar-refractivity contribution in [3.8, 4) is 11.5 Å². The van der Waals surface area contributed by atoms with Crippen LogP contribution in [-0.2, 0) is 12.8 Å². The number of nitrogens with two attached hydrogens (primary N) is 1. The van der Waals surface area contributed by atoms with Crippen molar-refractivity contribution >= 4 is 17.6 Å². The number of halogens is 1. The van der Waals surface area contributed by atoms with Crippen molar-refractivity contribution < 1.29 is 9.47 Å². The Morgan fingerprint density at radius 3 is 2.56 bits per heavy atom. The van der Waals surface area contributed by atoms with Gasteiger partial charge in [-0.2, -0.15) is 0 Å². The summed E-state index contributed by atoms with van der Waals surface area (Å²) in [5, 5.41) is 3.88. The molecule has 0 unspecified atom stereocenters. The summed E-state index contributed by atoms with van der Waals surface area (Å²) in [6.07, 6.45) is 1.57. The Morgan fingerprint density at radius 2 is 1.84 bits per heavy atom. The summed E-state index contributed by atoms with van der Waals surface area (Å²) in [6.45, 7) is 1.29. The number of guanidine groups is 1. The van der Waals surface area contributed by atoms with Crippen LogP contribution in [0.4, 0.5) is 0 Å². The number of ether oxygens (including phenoxy) is 2. The fourth-order valence-electron chi connectivity index (χ4n) is 2.42. The van der Waals surface area contributed by atoms with Gasteiger partial charge >= 0.3 is 0 Å². The van der Waals surface area contributed by atoms with Gasteiger partial charge in [0.15, 0.2) is 17.5 Å². The third-order valence-corrected chi connectivity index (χ3v) is 4.16. The molecule has 0 aliphatic carbocycles. The summed E-state index contributed by atoms with van der Waals surface area (Å²) in [5.41, 5.74) is 8.11. The van der Waals surface area contributed by atoms with E-state index in [1.165, 1.54) is 0 Å². The molecule has 25 heavy (non-hydrogen) atoms. The minimum absolute atomic E-state index is 0.438. The number of aliphatic imine (C=N–C) groups is 1. The Kier molecular flexibility index (Phi) is 7.41. The lowest BCUT2D eigenvalue weighted by Crippen LogP contribution is -2.33. The topological polar surface area (TPSA) is 68.9 Å². The van der Waals surface area contributed by atoms with E-state index >= 15 is 0 Å². The fraction of sp³-hybridized carbons (Fsp3) is 0.316. The molecule has 0 bridgehead atoms. The number of benzene rings is 2. The Morgan fingerprint density at radius 1 is 1.08 bits per heavy atom. The molecule has 0 aromatic heterocycles. The van der Waals surface area contributed by atoms with Gasteiger partial charge in [0.05, 0.1) is 14.2 Å². The summed E-state index contributed by atoms with van der Waals surface area (Å²) in [7, 11) is 3.25. The Balaban J connectivity index is 1.78. The van der Waals surface area contributed by atoms with Crippen LogP contribution in [0.1, 0.15) is 11.1 Å². The van der Waals surface area contributed by atoms with Gasteiger partial charge in [-0.3, -0.25) is 4.99 Å². The van der Waals surface area contributed by atoms with Crippen molar-refractivity contribution in [3.05, 3.63) is 58.6 Å². The molecule has 134 valence electrons. The molecule has 0 aliphatic rings. The quantitative estimate of drug-likeness (QED) is 0.560. The molecule has 2 aromatic carbocycles. The SMILES string of the molecule is COc1ccc(CCNC(N)=NCCc2ccccc2Cl)cc1OC. The van der Waals surface area contributed by atoms with E-state index in [1.54, 1.807) is 14.2 Å². The molecule has 2 aromatic rings. The first-order valence-corrected chi connectivity index (χ1v) is 8.50. The van der Waals surface area contributed by atoms with Gasteiger partial charge in [-0.1, -0.05) is 35.9 Å². The average molecular weight is 362 g/mol. The molecule has 0 atom stereocenters. The van der Waals surface area contributed by atoms with Crippen molar-refractivity contribution in [2.24, 2.45) is 10.7 Å². The zero-order valence-electron chi connectivity index (χ0n) is 14.6. The van der Waals surface area contributed by atoms with E-state index in [4.69, 9.17) is 26.8 Å². The number of methoxy groups -OCH3 is 2. The highest BCUT2D eigenvalue weighted by Gasteiger charge is 2.04. The van der Waals surface area contributed by atoms with Crippen LogP contribution in [0.3, 0.4) is 0 Å². The van der Waals surface area contributed by atoms with Gasteiger partial charge in [-0.25, -0.2) is 0 Å². The van der Waals surface area contributed by atoms with E-state index in [9.17, 15) is 0 Å². The lowest BCUT2D eigenvalue weighted by molar-refractivity contribution is 0.354. The Bertz CT molecular complexity index is 720. The highest BCUT2D eigenvalue weighted by molar-refractivity contribution is 6.31. The lowest BCUT2D eigenvalue weighted by Gasteiger charge is -2.10. The average Bonchev–Trinajstić information content (AvgIpc) is 2.63. The van der Waals surface area contributed by atoms with E-state index in [0.717, 1.165) is 40.5 Å². The third kappa shape index (κ3) is 5.87. The van der Waals surface area contributed by atoms with Crippen molar-refractivity contribution in [3.63, 3.8) is 0 Å². The molecule has 0 heterocycles. The first-order valence-electron chi connectivity index (χ1n) is 8.12. The van der Waals surface area contributed by atoms with Gasteiger partial charge in [-0.15, -0.1) is 0 Å². The van der Waals surface area contributed by atoms with Crippen LogP contribution in [0, 0.1) is 0 Å². The van der Waals surface area contributed by atoms with Crippen molar-refractivity contribution in [1.82, 2.24) is 5.32 Å². The first kappa shape index (κ1) is 18.9. The van der Waals surface area contributed by atoms with Gasteiger partial charge in [0, 0.05) is 18.1 Å². The highest BCUT2D eigenvalue weighted by atomic mass is 35.5. The van der Waals surface area contributed by atoms with Gasteiger partial charge in [0.25, 0.3) is 0 Å². The maximum Gasteiger partial charge on any atom is 0.188 e. The summed E-state index contributed by atoms with van der Waals surface area (Å²) in [6, 6.07) is 13.6. The molecule has 0 amide bonds. The number of nitrogens with one attached hydrogen (secondary N) is 1. The monoisotopic (exact) mass is 361 g/mol. The molecule has 0 radical (unpaired) electrons. The van der Waals surface area contributed by atoms with E-state index in [1.807, 2.05) is 42.5 Å². The second-order valence-electron chi connectivity index (χ2n) is 5.47. The largest absolute Gasteiger partial charge is 0.493 e. The molecule has 0 saturated heterocycles. The number of nitrogens with zero attached hydrogens (tertiary/aromatic N) is 1. The van der Waals surface area contributed by atoms with Crippen molar-refractivity contribution in [2.45, 2.75) is 12.8 Å². The molecular weight excluding hydrogens is 338 g/mol. The summed E-state index contributed by atoms with van der Waals surface area (Å²) in [5.74, 6) is 1.88. The standard InChI is InChI=1S/C19H24ClN3O2/c1-24-17-8-7-14(13-18(17)25-2)9-11-22-19(21)23-12-10-15-5-3-4-6-16(15)20/h3-8,13H,9-12H2,1-2H3,(H3,21,22,23). The second kappa shape index (κ2) is 9.79. The number of hydrogen-bond donors (Lipinski definition) is 2. The van der Waals surface area contributed by atoms with Gasteiger partial charge in [-0.05, 0) is 42.2 Å². The van der Waals surface area contributed by atoms with Crippen LogP contribution in [0.2, 0.25) is 5.02 Å². The van der Waals surface area contributed by atoms with Gasteiger partial charge in [0.2, 0.25) is 0 Å². The van der Waals surface area contributed by atoms with E-state index in [-0.39, 0.29) is 0 Å². The van der Waals surface area contributed by atoms with E-state index in [2.05, 4.69) is 10.3 Å². The van der Waals surface area contributed by atoms with Crippen LogP contribution in [-0.4, -0.2) is 33.3 Å². The second-order valence-corrected chi connectivity index (χ2v) is 5.88. The maximum atomic E-state index is 6.12. The van der Waals surface area contributed by atoms with Crippen LogP contribution in [0.5, 0.6) is 11.5 Å². The maximum absolute atomic E-state index is 6.12. The van der Waals surface area contributed by atoms with E-state index in [0.29, 0.717) is 19.0 Å². The third-order valence-electron chi connectivity index (χ3n) is 3.79. The molecule has 0 spiro atoms. The smallest absolute Gasteiger partial charge is 0.188 e. The molecular formula is C19H24ClN3O2. The minimum Gasteiger partial charge on any atom is -0.493 e. The zero-order chi connectivity index (χ0) is 18.1. The zero-order valence-corrected chi connectivity index (χ0v) is 15.3. The van der Waals surface area contributed by atoms with Crippen molar-refractivity contribution in [1.29, 1.82) is 0 Å². The van der Waals surface area contributed by atoms with Crippen LogP contribution >= 0.6 is 11.6 Å². The summed E-state index contributed by atoms with van der Waals surface area (Å²) >= 11 is 6.12. The summed E-state index contributed by atoms with van der Waals surface area (Å²) in [4.78, 5) is 4.33. The fourth-order valence-corrected chi connectivity index (χ4v) is 2.66. The predicted octanol–water partition coefficient (Wildman–Crippen LogP) is 3.05. The van der Waals surface area contributed by atoms with Crippen LogP contribution in [0.15, 0.2) is 47.5 Å². The molecule has 0 saturated carbocycles. The van der Waals surface area contributed by atoms with Gasteiger partial charge < -0.3 is 20.5 Å². The van der Waals surface area contributed by atoms with E-state index < -0.39 is 0 Å². The molecule has 0 fully saturated rings. The van der Waals surface area contributed by atoms with Crippen molar-refractivity contribution in [2.75, 3.05) is 27.3 Å². The van der Waals surface area contributed by atoms with Crippen LogP contribution < -0.4 is 20.5 Å². The number of rotatable bonds is 8. The van der Waals surface area contributed by atoms with Gasteiger partial charge in [0.1, 0.15) is 0 Å². The Hall–Kier alpha value is -2.40. The molecule has 6 heteroatoms. The molecule has 2 rings (SSSR count). The van der Waals surface area contributed by atoms with Crippen LogP contribution in [0.25, 0.3) is 0 Å². The summed E-state index contributed by atoms with van der Waals surface area (Å²) < 4.78 is 10.5. The minimum atomic E-state index is 0.438. The number of hydrogen-bond acceptors (Lipinski definition) is 3. The predicted molar refractivity (Wildman–Crippen MR) is 103 cm³/mol. The lowest BCUT2D eigenvalue weighted by atomic mass is 10.1. The molecule has 3 N–H and O–H groups in total.